The van der Waals surface area contributed by atoms with Crippen molar-refractivity contribution in [2.24, 2.45) is 0 Å². The Hall–Kier alpha value is -2.08. The second-order valence-corrected chi connectivity index (χ2v) is 6.87. The molecule has 1 aromatic carbocycles. The standard InChI is InChI=1S/C15H19N3O2S/c1-4-21(19,20)18-15-8-7-14(10-16-15)17-13-6-5-11(2)12(3)9-13/h5-10,17H,4H2,1-3H3,(H,16,18). The van der Waals surface area contributed by atoms with Gasteiger partial charge in [0.1, 0.15) is 5.82 Å². The second-order valence-electron chi connectivity index (χ2n) is 4.86. The van der Waals surface area contributed by atoms with E-state index in [-0.39, 0.29) is 5.75 Å². The predicted octanol–water partition coefficient (Wildman–Crippen LogP) is 3.20. The Morgan fingerprint density at radius 2 is 1.76 bits per heavy atom. The average molecular weight is 305 g/mol. The van der Waals surface area contributed by atoms with Gasteiger partial charge in [-0.3, -0.25) is 4.72 Å². The molecule has 2 aromatic rings. The summed E-state index contributed by atoms with van der Waals surface area (Å²) in [5, 5.41) is 3.24. The van der Waals surface area contributed by atoms with E-state index in [1.165, 1.54) is 11.1 Å². The molecule has 0 unspecified atom stereocenters. The minimum Gasteiger partial charge on any atom is -0.354 e. The largest absolute Gasteiger partial charge is 0.354 e. The molecule has 0 aliphatic carbocycles. The number of sulfonamides is 1. The van der Waals surface area contributed by atoms with E-state index in [0.717, 1.165) is 11.4 Å². The number of nitrogens with one attached hydrogen (secondary N) is 2. The van der Waals surface area contributed by atoms with Gasteiger partial charge in [-0.15, -0.1) is 0 Å². The highest BCUT2D eigenvalue weighted by Crippen LogP contribution is 2.20. The lowest BCUT2D eigenvalue weighted by molar-refractivity contribution is 0.602. The first-order valence-corrected chi connectivity index (χ1v) is 8.35. The quantitative estimate of drug-likeness (QED) is 0.890. The molecular weight excluding hydrogens is 286 g/mol. The van der Waals surface area contributed by atoms with Crippen LogP contribution >= 0.6 is 0 Å². The van der Waals surface area contributed by atoms with Gasteiger partial charge in [0.25, 0.3) is 0 Å². The van der Waals surface area contributed by atoms with Gasteiger partial charge in [-0.05, 0) is 56.2 Å². The van der Waals surface area contributed by atoms with Crippen molar-refractivity contribution in [3.05, 3.63) is 47.7 Å². The Labute approximate surface area is 125 Å². The van der Waals surface area contributed by atoms with Crippen molar-refractivity contribution in [2.75, 3.05) is 15.8 Å². The Bertz CT molecular complexity index is 725. The molecule has 5 nitrogen and oxygen atoms in total. The molecule has 1 aromatic heterocycles. The van der Waals surface area contributed by atoms with E-state index in [1.807, 2.05) is 6.07 Å². The molecule has 0 amide bonds. The summed E-state index contributed by atoms with van der Waals surface area (Å²) in [4.78, 5) is 4.10. The lowest BCUT2D eigenvalue weighted by atomic mass is 10.1. The fourth-order valence-electron chi connectivity index (χ4n) is 1.75. The third kappa shape index (κ3) is 4.19. The lowest BCUT2D eigenvalue weighted by Crippen LogP contribution is -2.15. The summed E-state index contributed by atoms with van der Waals surface area (Å²) in [6, 6.07) is 9.53. The molecule has 0 fully saturated rings. The summed E-state index contributed by atoms with van der Waals surface area (Å²) in [6.07, 6.45) is 1.60. The predicted molar refractivity (Wildman–Crippen MR) is 86.5 cm³/mol. The number of aryl methyl sites for hydroxylation is 2. The Balaban J connectivity index is 2.10. The highest BCUT2D eigenvalue weighted by atomic mass is 32.2. The van der Waals surface area contributed by atoms with Crippen LogP contribution in [0.2, 0.25) is 0 Å². The van der Waals surface area contributed by atoms with Crippen molar-refractivity contribution in [1.29, 1.82) is 0 Å². The summed E-state index contributed by atoms with van der Waals surface area (Å²) in [5.74, 6) is 0.347. The third-order valence-corrected chi connectivity index (χ3v) is 4.48. The van der Waals surface area contributed by atoms with Crippen LogP contribution in [0.25, 0.3) is 0 Å². The molecule has 0 radical (unpaired) electrons. The van der Waals surface area contributed by atoms with Gasteiger partial charge in [0, 0.05) is 5.69 Å². The van der Waals surface area contributed by atoms with Crippen LogP contribution in [0.5, 0.6) is 0 Å². The van der Waals surface area contributed by atoms with E-state index in [1.54, 1.807) is 25.3 Å². The van der Waals surface area contributed by atoms with Gasteiger partial charge >= 0.3 is 0 Å². The summed E-state index contributed by atoms with van der Waals surface area (Å²) in [7, 11) is -3.29. The van der Waals surface area contributed by atoms with Crippen molar-refractivity contribution in [3.63, 3.8) is 0 Å². The molecule has 0 bridgehead atoms. The van der Waals surface area contributed by atoms with Gasteiger partial charge in [0.15, 0.2) is 0 Å². The molecular formula is C15H19N3O2S. The maximum absolute atomic E-state index is 11.4. The summed E-state index contributed by atoms with van der Waals surface area (Å²) in [5.41, 5.74) is 4.22. The maximum Gasteiger partial charge on any atom is 0.233 e. The molecule has 0 saturated carbocycles. The van der Waals surface area contributed by atoms with Crippen LogP contribution in [0.4, 0.5) is 17.2 Å². The highest BCUT2D eigenvalue weighted by Gasteiger charge is 2.07. The van der Waals surface area contributed by atoms with Crippen LogP contribution in [0.1, 0.15) is 18.1 Å². The maximum atomic E-state index is 11.4. The van der Waals surface area contributed by atoms with Crippen molar-refractivity contribution >= 4 is 27.2 Å². The Kier molecular flexibility index (Phi) is 4.47. The zero-order chi connectivity index (χ0) is 15.5. The average Bonchev–Trinajstić information content (AvgIpc) is 2.45. The van der Waals surface area contributed by atoms with Gasteiger partial charge in [-0.1, -0.05) is 6.07 Å². The number of hydrogen-bond donors (Lipinski definition) is 2. The van der Waals surface area contributed by atoms with E-state index < -0.39 is 10.0 Å². The van der Waals surface area contributed by atoms with Gasteiger partial charge in [0.2, 0.25) is 10.0 Å². The van der Waals surface area contributed by atoms with Crippen LogP contribution in [-0.2, 0) is 10.0 Å². The molecule has 1 heterocycles. The van der Waals surface area contributed by atoms with Crippen molar-refractivity contribution in [3.8, 4) is 0 Å². The molecule has 21 heavy (non-hydrogen) atoms. The molecule has 0 atom stereocenters. The summed E-state index contributed by atoms with van der Waals surface area (Å²) in [6.45, 7) is 5.70. The molecule has 2 N–H and O–H groups in total. The summed E-state index contributed by atoms with van der Waals surface area (Å²) < 4.78 is 25.3. The molecule has 0 aliphatic heterocycles. The number of pyridine rings is 1. The molecule has 0 saturated heterocycles. The number of hydrogen-bond acceptors (Lipinski definition) is 4. The van der Waals surface area contributed by atoms with Crippen molar-refractivity contribution in [2.45, 2.75) is 20.8 Å². The van der Waals surface area contributed by atoms with Crippen molar-refractivity contribution < 1.29 is 8.42 Å². The number of anilines is 3. The molecule has 6 heteroatoms. The minimum absolute atomic E-state index is 0.0251. The molecule has 2 rings (SSSR count). The van der Waals surface area contributed by atoms with Gasteiger partial charge in [0.05, 0.1) is 17.6 Å². The molecule has 0 aliphatic rings. The number of nitrogens with zero attached hydrogens (tertiary/aromatic N) is 1. The minimum atomic E-state index is -3.29. The molecule has 112 valence electrons. The zero-order valence-corrected chi connectivity index (χ0v) is 13.2. The van der Waals surface area contributed by atoms with E-state index in [9.17, 15) is 8.42 Å². The SMILES string of the molecule is CCS(=O)(=O)Nc1ccc(Nc2ccc(C)c(C)c2)cn1. The van der Waals surface area contributed by atoms with Crippen LogP contribution in [0.15, 0.2) is 36.5 Å². The van der Waals surface area contributed by atoms with Crippen LogP contribution in [-0.4, -0.2) is 19.2 Å². The van der Waals surface area contributed by atoms with Gasteiger partial charge < -0.3 is 5.32 Å². The first kappa shape index (κ1) is 15.3. The first-order valence-electron chi connectivity index (χ1n) is 6.70. The number of benzene rings is 1. The lowest BCUT2D eigenvalue weighted by Gasteiger charge is -2.10. The van der Waals surface area contributed by atoms with E-state index in [4.69, 9.17) is 0 Å². The van der Waals surface area contributed by atoms with Crippen LogP contribution < -0.4 is 10.0 Å². The third-order valence-electron chi connectivity index (χ3n) is 3.20. The van der Waals surface area contributed by atoms with E-state index in [0.29, 0.717) is 5.82 Å². The number of rotatable bonds is 5. The topological polar surface area (TPSA) is 71.1 Å². The van der Waals surface area contributed by atoms with Crippen molar-refractivity contribution in [1.82, 2.24) is 4.98 Å². The normalized spacial score (nSPS) is 11.2. The smallest absolute Gasteiger partial charge is 0.233 e. The molecule has 0 spiro atoms. The fourth-order valence-corrected chi connectivity index (χ4v) is 2.33. The first-order chi connectivity index (χ1) is 9.89. The van der Waals surface area contributed by atoms with E-state index >= 15 is 0 Å². The number of aromatic nitrogens is 1. The highest BCUT2D eigenvalue weighted by molar-refractivity contribution is 7.92. The van der Waals surface area contributed by atoms with Gasteiger partial charge in [-0.25, -0.2) is 13.4 Å². The zero-order valence-electron chi connectivity index (χ0n) is 12.3. The monoisotopic (exact) mass is 305 g/mol. The Morgan fingerprint density at radius 1 is 1.05 bits per heavy atom. The van der Waals surface area contributed by atoms with E-state index in [2.05, 4.69) is 41.0 Å². The fraction of sp³-hybridized carbons (Fsp3) is 0.267. The Morgan fingerprint density at radius 3 is 2.33 bits per heavy atom. The van der Waals surface area contributed by atoms with Crippen LogP contribution in [0.3, 0.4) is 0 Å². The second kappa shape index (κ2) is 6.13. The van der Waals surface area contributed by atoms with Gasteiger partial charge in [-0.2, -0.15) is 0 Å². The summed E-state index contributed by atoms with van der Waals surface area (Å²) >= 11 is 0. The van der Waals surface area contributed by atoms with Crippen LogP contribution in [0, 0.1) is 13.8 Å².